The van der Waals surface area contributed by atoms with E-state index < -0.39 is 0 Å². The van der Waals surface area contributed by atoms with E-state index in [1.54, 1.807) is 0 Å². The van der Waals surface area contributed by atoms with Crippen molar-refractivity contribution in [2.24, 2.45) is 5.41 Å². The van der Waals surface area contributed by atoms with Crippen LogP contribution >= 0.6 is 15.9 Å². The van der Waals surface area contributed by atoms with E-state index in [1.165, 1.54) is 25.7 Å². The predicted octanol–water partition coefficient (Wildman–Crippen LogP) is 4.77. The third kappa shape index (κ3) is 3.33. The minimum atomic E-state index is 0.362. The van der Waals surface area contributed by atoms with Crippen molar-refractivity contribution in [1.29, 1.82) is 0 Å². The first kappa shape index (κ1) is 15.7. The SMILES string of the molecule is CCC1(CC)CCN(c2cc(Br)nc(C(C)C)n2)CC1. The van der Waals surface area contributed by atoms with Crippen LogP contribution in [0, 0.1) is 5.41 Å². The molecule has 0 atom stereocenters. The molecule has 1 aliphatic heterocycles. The Bertz CT molecular complexity index is 445. The maximum atomic E-state index is 4.74. The summed E-state index contributed by atoms with van der Waals surface area (Å²) in [6, 6.07) is 2.05. The highest BCUT2D eigenvalue weighted by atomic mass is 79.9. The minimum Gasteiger partial charge on any atom is -0.356 e. The summed E-state index contributed by atoms with van der Waals surface area (Å²) in [5.74, 6) is 2.37. The fourth-order valence-corrected chi connectivity index (χ4v) is 3.40. The van der Waals surface area contributed by atoms with E-state index in [4.69, 9.17) is 4.98 Å². The normalized spacial score (nSPS) is 18.6. The smallest absolute Gasteiger partial charge is 0.134 e. The lowest BCUT2D eigenvalue weighted by molar-refractivity contribution is 0.199. The molecule has 2 heterocycles. The van der Waals surface area contributed by atoms with Crippen molar-refractivity contribution >= 4 is 21.7 Å². The zero-order valence-electron chi connectivity index (χ0n) is 13.1. The Morgan fingerprint density at radius 2 is 1.80 bits per heavy atom. The second-order valence-corrected chi connectivity index (χ2v) is 7.07. The van der Waals surface area contributed by atoms with Gasteiger partial charge in [-0.05, 0) is 34.2 Å². The lowest BCUT2D eigenvalue weighted by Crippen LogP contribution is -2.40. The molecule has 20 heavy (non-hydrogen) atoms. The van der Waals surface area contributed by atoms with Crippen LogP contribution in [-0.2, 0) is 0 Å². The van der Waals surface area contributed by atoms with Gasteiger partial charge < -0.3 is 4.90 Å². The highest BCUT2D eigenvalue weighted by Crippen LogP contribution is 2.39. The van der Waals surface area contributed by atoms with Crippen LogP contribution in [0.25, 0.3) is 0 Å². The molecular weight excluding hydrogens is 314 g/mol. The van der Waals surface area contributed by atoms with Gasteiger partial charge in [0.2, 0.25) is 0 Å². The quantitative estimate of drug-likeness (QED) is 0.740. The van der Waals surface area contributed by atoms with Crippen LogP contribution in [0.1, 0.15) is 65.1 Å². The fraction of sp³-hybridized carbons (Fsp3) is 0.750. The van der Waals surface area contributed by atoms with Gasteiger partial charge in [-0.2, -0.15) is 0 Å². The zero-order valence-corrected chi connectivity index (χ0v) is 14.7. The van der Waals surface area contributed by atoms with Crippen LogP contribution in [0.2, 0.25) is 0 Å². The van der Waals surface area contributed by atoms with Gasteiger partial charge in [-0.1, -0.05) is 40.5 Å². The molecule has 1 aromatic heterocycles. The molecule has 0 N–H and O–H groups in total. The molecule has 112 valence electrons. The van der Waals surface area contributed by atoms with E-state index in [0.29, 0.717) is 11.3 Å². The topological polar surface area (TPSA) is 29.0 Å². The van der Waals surface area contributed by atoms with Crippen LogP contribution in [-0.4, -0.2) is 23.1 Å². The minimum absolute atomic E-state index is 0.362. The Kier molecular flexibility index (Phi) is 5.05. The van der Waals surface area contributed by atoms with Gasteiger partial charge in [0.05, 0.1) is 0 Å². The van der Waals surface area contributed by atoms with Crippen molar-refractivity contribution in [1.82, 2.24) is 9.97 Å². The van der Waals surface area contributed by atoms with Crippen LogP contribution in [0.3, 0.4) is 0 Å². The first-order valence-corrected chi connectivity index (χ1v) is 8.58. The molecule has 0 radical (unpaired) electrons. The Hall–Kier alpha value is -0.640. The van der Waals surface area contributed by atoms with Gasteiger partial charge in [0, 0.05) is 25.1 Å². The summed E-state index contributed by atoms with van der Waals surface area (Å²) in [7, 11) is 0. The molecule has 2 rings (SSSR count). The van der Waals surface area contributed by atoms with Crippen molar-refractivity contribution < 1.29 is 0 Å². The van der Waals surface area contributed by atoms with Crippen LogP contribution in [0.15, 0.2) is 10.7 Å². The van der Waals surface area contributed by atoms with Gasteiger partial charge in [0.15, 0.2) is 0 Å². The molecule has 4 heteroatoms. The van der Waals surface area contributed by atoms with E-state index in [-0.39, 0.29) is 0 Å². The molecular formula is C16H26BrN3. The Morgan fingerprint density at radius 3 is 2.30 bits per heavy atom. The average Bonchev–Trinajstić information content (AvgIpc) is 2.46. The summed E-state index contributed by atoms with van der Waals surface area (Å²) < 4.78 is 0.897. The lowest BCUT2D eigenvalue weighted by atomic mass is 9.74. The number of rotatable bonds is 4. The van der Waals surface area contributed by atoms with Gasteiger partial charge in [0.25, 0.3) is 0 Å². The molecule has 0 spiro atoms. The van der Waals surface area contributed by atoms with Crippen LogP contribution < -0.4 is 4.90 Å². The molecule has 3 nitrogen and oxygen atoms in total. The number of hydrogen-bond acceptors (Lipinski definition) is 3. The predicted molar refractivity (Wildman–Crippen MR) is 88.3 cm³/mol. The summed E-state index contributed by atoms with van der Waals surface area (Å²) in [5.41, 5.74) is 0.557. The first-order valence-electron chi connectivity index (χ1n) is 7.79. The number of nitrogens with zero attached hydrogens (tertiary/aromatic N) is 3. The zero-order chi connectivity index (χ0) is 14.8. The highest BCUT2D eigenvalue weighted by Gasteiger charge is 2.31. The average molecular weight is 340 g/mol. The van der Waals surface area contributed by atoms with E-state index in [0.717, 1.165) is 29.3 Å². The fourth-order valence-electron chi connectivity index (χ4n) is 3.01. The third-order valence-corrected chi connectivity index (χ3v) is 5.27. The second kappa shape index (κ2) is 6.42. The first-order chi connectivity index (χ1) is 9.49. The Balaban J connectivity index is 2.14. The third-order valence-electron chi connectivity index (χ3n) is 4.86. The maximum absolute atomic E-state index is 4.74. The second-order valence-electron chi connectivity index (χ2n) is 6.26. The summed E-state index contributed by atoms with van der Waals surface area (Å²) in [6.07, 6.45) is 5.14. The molecule has 0 aliphatic carbocycles. The molecule has 0 saturated carbocycles. The molecule has 0 amide bonds. The summed E-state index contributed by atoms with van der Waals surface area (Å²) >= 11 is 3.52. The molecule has 1 aromatic rings. The lowest BCUT2D eigenvalue weighted by Gasteiger charge is -2.41. The van der Waals surface area contributed by atoms with Crippen molar-refractivity contribution in [2.75, 3.05) is 18.0 Å². The van der Waals surface area contributed by atoms with Gasteiger partial charge in [0.1, 0.15) is 16.2 Å². The van der Waals surface area contributed by atoms with Gasteiger partial charge in [-0.15, -0.1) is 0 Å². The van der Waals surface area contributed by atoms with E-state index >= 15 is 0 Å². The monoisotopic (exact) mass is 339 g/mol. The molecule has 0 unspecified atom stereocenters. The van der Waals surface area contributed by atoms with Gasteiger partial charge >= 0.3 is 0 Å². The number of aromatic nitrogens is 2. The van der Waals surface area contributed by atoms with Gasteiger partial charge in [-0.3, -0.25) is 0 Å². The number of halogens is 1. The largest absolute Gasteiger partial charge is 0.356 e. The van der Waals surface area contributed by atoms with Crippen LogP contribution in [0.5, 0.6) is 0 Å². The summed E-state index contributed by atoms with van der Waals surface area (Å²) in [4.78, 5) is 11.6. The molecule has 1 fully saturated rings. The Labute approximate surface area is 131 Å². The van der Waals surface area contributed by atoms with Crippen molar-refractivity contribution in [3.05, 3.63) is 16.5 Å². The number of hydrogen-bond donors (Lipinski definition) is 0. The Morgan fingerprint density at radius 1 is 1.20 bits per heavy atom. The molecule has 1 saturated heterocycles. The van der Waals surface area contributed by atoms with E-state index in [2.05, 4.69) is 59.6 Å². The van der Waals surface area contributed by atoms with Crippen molar-refractivity contribution in [3.8, 4) is 0 Å². The van der Waals surface area contributed by atoms with Crippen molar-refractivity contribution in [3.63, 3.8) is 0 Å². The van der Waals surface area contributed by atoms with E-state index in [1.807, 2.05) is 0 Å². The van der Waals surface area contributed by atoms with E-state index in [9.17, 15) is 0 Å². The number of piperidine rings is 1. The summed E-state index contributed by atoms with van der Waals surface area (Å²) in [6.45, 7) is 11.2. The molecule has 1 aliphatic rings. The van der Waals surface area contributed by atoms with Crippen LogP contribution in [0.4, 0.5) is 5.82 Å². The standard InChI is InChI=1S/C16H26BrN3/c1-5-16(6-2)7-9-20(10-8-16)14-11-13(17)18-15(19-14)12(3)4/h11-12H,5-10H2,1-4H3. The number of anilines is 1. The van der Waals surface area contributed by atoms with Gasteiger partial charge in [-0.25, -0.2) is 9.97 Å². The van der Waals surface area contributed by atoms with Crippen molar-refractivity contribution in [2.45, 2.75) is 59.3 Å². The molecule has 0 bridgehead atoms. The summed E-state index contributed by atoms with van der Waals surface area (Å²) in [5, 5.41) is 0. The molecule has 0 aromatic carbocycles. The maximum Gasteiger partial charge on any atom is 0.134 e. The highest BCUT2D eigenvalue weighted by molar-refractivity contribution is 9.10.